The van der Waals surface area contributed by atoms with Gasteiger partial charge in [-0.25, -0.2) is 4.79 Å². The Morgan fingerprint density at radius 1 is 0.939 bits per heavy atom. The summed E-state index contributed by atoms with van der Waals surface area (Å²) < 4.78 is 11.6. The third-order valence-corrected chi connectivity index (χ3v) is 6.75. The van der Waals surface area contributed by atoms with Gasteiger partial charge in [0.15, 0.2) is 0 Å². The zero-order valence-electron chi connectivity index (χ0n) is 20.3. The number of nitroso groups, excluding NO2 is 1. The molecule has 0 unspecified atom stereocenters. The molecule has 2 aromatic rings. The van der Waals surface area contributed by atoms with E-state index in [4.69, 9.17) is 9.47 Å². The van der Waals surface area contributed by atoms with Gasteiger partial charge in [-0.3, -0.25) is 4.79 Å². The van der Waals surface area contributed by atoms with Crippen LogP contribution in [0.5, 0.6) is 0 Å². The van der Waals surface area contributed by atoms with Gasteiger partial charge in [0, 0.05) is 28.1 Å². The Kier molecular flexibility index (Phi) is 7.67. The number of hydrogen-bond acceptors (Lipinski definition) is 5. The van der Waals surface area contributed by atoms with Gasteiger partial charge in [-0.05, 0) is 57.2 Å². The SMILES string of the molecule is COC(=O)C1([N+](=O)Cc2ccc(C)cc2C)CCC(OC(=O)Cc2ccc(C)cc2C)CC1. The summed E-state index contributed by atoms with van der Waals surface area (Å²) >= 11 is 0. The molecule has 0 saturated heterocycles. The molecule has 1 saturated carbocycles. The lowest BCUT2D eigenvalue weighted by Crippen LogP contribution is -2.52. The molecule has 2 aromatic carbocycles. The van der Waals surface area contributed by atoms with Gasteiger partial charge in [0.05, 0.1) is 13.5 Å². The summed E-state index contributed by atoms with van der Waals surface area (Å²) in [5.41, 5.74) is 4.94. The number of aryl methyl sites for hydroxylation is 4. The van der Waals surface area contributed by atoms with E-state index in [9.17, 15) is 14.5 Å². The highest BCUT2D eigenvalue weighted by Crippen LogP contribution is 2.35. The van der Waals surface area contributed by atoms with Crippen molar-refractivity contribution >= 4 is 11.9 Å². The normalized spacial score (nSPS) is 20.2. The first-order chi connectivity index (χ1) is 15.6. The first kappa shape index (κ1) is 24.6. The Hall–Kier alpha value is -3.02. The monoisotopic (exact) mass is 452 g/mol. The Labute approximate surface area is 195 Å². The predicted octanol–water partition coefficient (Wildman–Crippen LogP) is 4.84. The van der Waals surface area contributed by atoms with Crippen LogP contribution in [0, 0.1) is 32.6 Å². The average molecular weight is 453 g/mol. The van der Waals surface area contributed by atoms with E-state index >= 15 is 0 Å². The van der Waals surface area contributed by atoms with Crippen LogP contribution in [0.4, 0.5) is 0 Å². The van der Waals surface area contributed by atoms with Crippen molar-refractivity contribution in [1.29, 1.82) is 0 Å². The number of esters is 2. The van der Waals surface area contributed by atoms with Crippen molar-refractivity contribution in [2.75, 3.05) is 7.11 Å². The fraction of sp³-hybridized carbons (Fsp3) is 0.481. The Morgan fingerprint density at radius 3 is 2.00 bits per heavy atom. The number of nitrogens with zero attached hydrogens (tertiary/aromatic N) is 1. The zero-order chi connectivity index (χ0) is 24.2. The zero-order valence-corrected chi connectivity index (χ0v) is 20.3. The molecule has 0 aromatic heterocycles. The van der Waals surface area contributed by atoms with Crippen LogP contribution in [0.1, 0.15) is 59.1 Å². The van der Waals surface area contributed by atoms with Crippen molar-refractivity contribution in [3.8, 4) is 0 Å². The van der Waals surface area contributed by atoms with E-state index in [0.29, 0.717) is 12.8 Å². The van der Waals surface area contributed by atoms with E-state index in [-0.39, 0.29) is 37.9 Å². The molecule has 0 aliphatic heterocycles. The standard InChI is InChI=1S/C27H34NO5/c1-18-6-8-22(20(3)14-18)16-25(29)33-24-10-12-27(13-11-24,26(30)32-5)28(31)17-23-9-7-19(2)15-21(23)4/h6-9,14-15,24H,10-13,16-17H2,1-5H3/q+1. The van der Waals surface area contributed by atoms with Gasteiger partial charge < -0.3 is 9.47 Å². The second-order valence-corrected chi connectivity index (χ2v) is 9.29. The molecule has 0 radical (unpaired) electrons. The fourth-order valence-electron chi connectivity index (χ4n) is 4.69. The molecule has 3 rings (SSSR count). The number of carbonyl (C=O) groups is 2. The maximum absolute atomic E-state index is 13.3. The van der Waals surface area contributed by atoms with E-state index in [2.05, 4.69) is 0 Å². The van der Waals surface area contributed by atoms with Gasteiger partial charge in [0.25, 0.3) is 0 Å². The number of carbonyl (C=O) groups excluding carboxylic acids is 2. The summed E-state index contributed by atoms with van der Waals surface area (Å²) in [6, 6.07) is 11.9. The molecule has 0 bridgehead atoms. The lowest BCUT2D eigenvalue weighted by atomic mass is 9.79. The average Bonchev–Trinajstić information content (AvgIpc) is 2.77. The fourth-order valence-corrected chi connectivity index (χ4v) is 4.69. The summed E-state index contributed by atoms with van der Waals surface area (Å²) in [6.45, 7) is 8.08. The Bertz CT molecular complexity index is 1050. The van der Waals surface area contributed by atoms with Crippen LogP contribution in [0.3, 0.4) is 0 Å². The molecule has 33 heavy (non-hydrogen) atoms. The molecule has 6 heteroatoms. The van der Waals surface area contributed by atoms with Gasteiger partial charge in [0.1, 0.15) is 6.10 Å². The van der Waals surface area contributed by atoms with E-state index in [1.165, 1.54) is 7.11 Å². The van der Waals surface area contributed by atoms with Gasteiger partial charge in [-0.15, -0.1) is 0 Å². The van der Waals surface area contributed by atoms with Crippen LogP contribution in [0.2, 0.25) is 0 Å². The molecule has 1 aliphatic carbocycles. The summed E-state index contributed by atoms with van der Waals surface area (Å²) in [5.74, 6) is -0.811. The molecule has 0 atom stereocenters. The van der Waals surface area contributed by atoms with Crippen LogP contribution in [0.25, 0.3) is 0 Å². The minimum atomic E-state index is -1.26. The summed E-state index contributed by atoms with van der Waals surface area (Å²) in [4.78, 5) is 38.5. The van der Waals surface area contributed by atoms with Crippen LogP contribution in [0.15, 0.2) is 36.4 Å². The van der Waals surface area contributed by atoms with Crippen LogP contribution in [-0.2, 0) is 32.0 Å². The number of benzene rings is 2. The minimum absolute atomic E-state index is 0.109. The molecule has 1 fully saturated rings. The molecular formula is C27H34NO5+. The third kappa shape index (κ3) is 5.67. The van der Waals surface area contributed by atoms with Gasteiger partial charge in [-0.1, -0.05) is 47.5 Å². The Morgan fingerprint density at radius 2 is 1.48 bits per heavy atom. The van der Waals surface area contributed by atoms with Crippen molar-refractivity contribution < 1.29 is 23.8 Å². The molecule has 0 spiro atoms. The Balaban J connectivity index is 1.65. The van der Waals surface area contributed by atoms with Crippen molar-refractivity contribution in [2.45, 2.75) is 78.0 Å². The van der Waals surface area contributed by atoms with Crippen molar-refractivity contribution in [2.24, 2.45) is 0 Å². The number of ether oxygens (including phenoxy) is 2. The first-order valence-corrected chi connectivity index (χ1v) is 11.5. The van der Waals surface area contributed by atoms with Gasteiger partial charge in [-0.2, -0.15) is 0 Å². The summed E-state index contributed by atoms with van der Waals surface area (Å²) in [6.07, 6.45) is 1.37. The van der Waals surface area contributed by atoms with E-state index < -0.39 is 11.5 Å². The third-order valence-electron chi connectivity index (χ3n) is 6.75. The van der Waals surface area contributed by atoms with Crippen molar-refractivity contribution in [1.82, 2.24) is 0 Å². The summed E-state index contributed by atoms with van der Waals surface area (Å²) in [7, 11) is 1.31. The minimum Gasteiger partial charge on any atom is -0.464 e. The summed E-state index contributed by atoms with van der Waals surface area (Å²) in [5, 5.41) is 0. The predicted molar refractivity (Wildman–Crippen MR) is 126 cm³/mol. The highest BCUT2D eigenvalue weighted by molar-refractivity contribution is 5.79. The highest BCUT2D eigenvalue weighted by Gasteiger charge is 2.56. The molecule has 0 amide bonds. The van der Waals surface area contributed by atoms with Crippen molar-refractivity contribution in [3.05, 3.63) is 74.7 Å². The van der Waals surface area contributed by atoms with E-state index in [0.717, 1.165) is 38.1 Å². The maximum Gasteiger partial charge on any atom is 0.382 e. The lowest BCUT2D eigenvalue weighted by molar-refractivity contribution is -0.633. The van der Waals surface area contributed by atoms with Gasteiger partial charge in [0.2, 0.25) is 6.54 Å². The van der Waals surface area contributed by atoms with E-state index in [1.54, 1.807) is 0 Å². The molecule has 0 N–H and O–H groups in total. The van der Waals surface area contributed by atoms with Crippen LogP contribution >= 0.6 is 0 Å². The van der Waals surface area contributed by atoms with Crippen LogP contribution in [-0.4, -0.2) is 35.5 Å². The molecular weight excluding hydrogens is 418 g/mol. The van der Waals surface area contributed by atoms with Gasteiger partial charge >= 0.3 is 17.5 Å². The number of hydrogen-bond donors (Lipinski definition) is 0. The topological polar surface area (TPSA) is 72.7 Å². The largest absolute Gasteiger partial charge is 0.464 e. The lowest BCUT2D eigenvalue weighted by Gasteiger charge is -2.31. The smallest absolute Gasteiger partial charge is 0.382 e. The first-order valence-electron chi connectivity index (χ1n) is 11.5. The highest BCUT2D eigenvalue weighted by atomic mass is 16.5. The van der Waals surface area contributed by atoms with Crippen LogP contribution < -0.4 is 0 Å². The second kappa shape index (κ2) is 10.3. The molecule has 0 heterocycles. The van der Waals surface area contributed by atoms with E-state index in [1.807, 2.05) is 64.1 Å². The quantitative estimate of drug-likeness (QED) is 0.444. The number of rotatable bonds is 7. The van der Waals surface area contributed by atoms with Crippen molar-refractivity contribution in [3.63, 3.8) is 0 Å². The second-order valence-electron chi connectivity index (χ2n) is 9.29. The molecule has 176 valence electrons. The molecule has 1 aliphatic rings. The number of methoxy groups -OCH3 is 1. The maximum atomic E-state index is 13.3. The molecule has 6 nitrogen and oxygen atoms in total.